The quantitative estimate of drug-likeness (QED) is 0.816. The summed E-state index contributed by atoms with van der Waals surface area (Å²) < 4.78 is 0. The van der Waals surface area contributed by atoms with Crippen molar-refractivity contribution in [2.45, 2.75) is 51.6 Å². The molecule has 0 spiro atoms. The molecule has 0 bridgehead atoms. The Balaban J connectivity index is 1.60. The highest BCUT2D eigenvalue weighted by Gasteiger charge is 2.30. The molecule has 0 aromatic carbocycles. The van der Waals surface area contributed by atoms with E-state index in [-0.39, 0.29) is 0 Å². The van der Waals surface area contributed by atoms with E-state index in [1.54, 1.807) is 0 Å². The summed E-state index contributed by atoms with van der Waals surface area (Å²) in [6.07, 6.45) is 7.12. The average molecular weight is 260 g/mol. The summed E-state index contributed by atoms with van der Waals surface area (Å²) >= 11 is 0. The Hall–Kier alpha value is -1.16. The number of nitrogens with zero attached hydrogens (tertiary/aromatic N) is 4. The molecule has 0 N–H and O–H groups in total. The van der Waals surface area contributed by atoms with Crippen molar-refractivity contribution >= 4 is 5.95 Å². The fourth-order valence-corrected chi connectivity index (χ4v) is 3.48. The maximum atomic E-state index is 4.54. The van der Waals surface area contributed by atoms with E-state index in [1.807, 2.05) is 19.2 Å². The van der Waals surface area contributed by atoms with Gasteiger partial charge in [-0.05, 0) is 52.1 Å². The minimum atomic E-state index is 0.776. The maximum absolute atomic E-state index is 4.54. The first-order valence-corrected chi connectivity index (χ1v) is 7.54. The summed E-state index contributed by atoms with van der Waals surface area (Å²) in [5.41, 5.74) is 1.06. The van der Waals surface area contributed by atoms with Gasteiger partial charge in [0.1, 0.15) is 0 Å². The SMILES string of the molecule is Cc1ccnc(N2CCC(N3CCCC3C)CC2)n1. The molecular formula is C15H24N4. The van der Waals surface area contributed by atoms with E-state index >= 15 is 0 Å². The van der Waals surface area contributed by atoms with Crippen LogP contribution in [0.2, 0.25) is 0 Å². The first-order valence-electron chi connectivity index (χ1n) is 7.54. The largest absolute Gasteiger partial charge is 0.341 e. The van der Waals surface area contributed by atoms with Gasteiger partial charge in [0, 0.05) is 37.1 Å². The van der Waals surface area contributed by atoms with Crippen LogP contribution in [-0.4, -0.2) is 46.6 Å². The zero-order chi connectivity index (χ0) is 13.2. The number of anilines is 1. The van der Waals surface area contributed by atoms with E-state index in [9.17, 15) is 0 Å². The lowest BCUT2D eigenvalue weighted by atomic mass is 10.0. The molecule has 2 aliphatic heterocycles. The Morgan fingerprint density at radius 2 is 1.95 bits per heavy atom. The van der Waals surface area contributed by atoms with Crippen molar-refractivity contribution in [1.82, 2.24) is 14.9 Å². The van der Waals surface area contributed by atoms with Crippen molar-refractivity contribution in [2.75, 3.05) is 24.5 Å². The van der Waals surface area contributed by atoms with E-state index in [4.69, 9.17) is 0 Å². The second-order valence-corrected chi connectivity index (χ2v) is 5.95. The van der Waals surface area contributed by atoms with Gasteiger partial charge in [0.25, 0.3) is 0 Å². The van der Waals surface area contributed by atoms with Gasteiger partial charge in [-0.1, -0.05) is 0 Å². The van der Waals surface area contributed by atoms with Crippen LogP contribution >= 0.6 is 0 Å². The summed E-state index contributed by atoms with van der Waals surface area (Å²) in [4.78, 5) is 14.0. The van der Waals surface area contributed by atoms with Crippen LogP contribution in [0.1, 0.15) is 38.3 Å². The van der Waals surface area contributed by atoms with Crippen molar-refractivity contribution in [3.63, 3.8) is 0 Å². The summed E-state index contributed by atoms with van der Waals surface area (Å²) in [6.45, 7) is 7.90. The number of rotatable bonds is 2. The second-order valence-electron chi connectivity index (χ2n) is 5.95. The molecule has 0 amide bonds. The summed E-state index contributed by atoms with van der Waals surface area (Å²) in [5.74, 6) is 0.910. The highest BCUT2D eigenvalue weighted by atomic mass is 15.3. The van der Waals surface area contributed by atoms with Gasteiger partial charge in [-0.3, -0.25) is 4.90 Å². The first kappa shape index (κ1) is 12.9. The Bertz CT molecular complexity index is 426. The number of aromatic nitrogens is 2. The number of piperidine rings is 1. The van der Waals surface area contributed by atoms with Crippen molar-refractivity contribution in [1.29, 1.82) is 0 Å². The normalized spacial score (nSPS) is 26.0. The fourth-order valence-electron chi connectivity index (χ4n) is 3.48. The number of hydrogen-bond donors (Lipinski definition) is 0. The van der Waals surface area contributed by atoms with Crippen molar-refractivity contribution in [3.8, 4) is 0 Å². The highest BCUT2D eigenvalue weighted by molar-refractivity contribution is 5.30. The average Bonchev–Trinajstić information content (AvgIpc) is 2.85. The van der Waals surface area contributed by atoms with Crippen molar-refractivity contribution < 1.29 is 0 Å². The van der Waals surface area contributed by atoms with Crippen LogP contribution in [0, 0.1) is 6.92 Å². The molecule has 0 radical (unpaired) electrons. The maximum Gasteiger partial charge on any atom is 0.225 e. The molecule has 2 fully saturated rings. The Kier molecular flexibility index (Phi) is 3.69. The fraction of sp³-hybridized carbons (Fsp3) is 0.733. The summed E-state index contributed by atoms with van der Waals surface area (Å²) in [7, 11) is 0. The predicted octanol–water partition coefficient (Wildman–Crippen LogP) is 2.24. The molecule has 4 nitrogen and oxygen atoms in total. The van der Waals surface area contributed by atoms with Crippen molar-refractivity contribution in [2.24, 2.45) is 0 Å². The molecule has 1 unspecified atom stereocenters. The number of aryl methyl sites for hydroxylation is 1. The third-order valence-corrected chi connectivity index (χ3v) is 4.60. The standard InChI is InChI=1S/C15H24N4/c1-12-5-8-16-15(17-12)18-10-6-14(7-11-18)19-9-3-4-13(19)2/h5,8,13-14H,3-4,6-7,9-11H2,1-2H3. The minimum Gasteiger partial charge on any atom is -0.341 e. The van der Waals surface area contributed by atoms with Crippen LogP contribution in [0.25, 0.3) is 0 Å². The molecule has 2 aliphatic rings. The Labute approximate surface area is 115 Å². The molecule has 3 heterocycles. The predicted molar refractivity (Wildman–Crippen MR) is 77.4 cm³/mol. The van der Waals surface area contributed by atoms with Crippen molar-refractivity contribution in [3.05, 3.63) is 18.0 Å². The molecule has 104 valence electrons. The second kappa shape index (κ2) is 5.45. The van der Waals surface area contributed by atoms with E-state index in [2.05, 4.69) is 26.7 Å². The Morgan fingerprint density at radius 3 is 2.58 bits per heavy atom. The molecule has 19 heavy (non-hydrogen) atoms. The summed E-state index contributed by atoms with van der Waals surface area (Å²) in [6, 6.07) is 3.52. The molecular weight excluding hydrogens is 236 g/mol. The zero-order valence-corrected chi connectivity index (χ0v) is 12.0. The van der Waals surface area contributed by atoms with Crippen LogP contribution < -0.4 is 4.90 Å². The van der Waals surface area contributed by atoms with Crippen LogP contribution in [0.3, 0.4) is 0 Å². The smallest absolute Gasteiger partial charge is 0.225 e. The van der Waals surface area contributed by atoms with E-state index in [0.29, 0.717) is 0 Å². The number of likely N-dealkylation sites (tertiary alicyclic amines) is 1. The van der Waals surface area contributed by atoms with Gasteiger partial charge in [-0.2, -0.15) is 0 Å². The van der Waals surface area contributed by atoms with E-state index in [1.165, 1.54) is 32.2 Å². The number of hydrogen-bond acceptors (Lipinski definition) is 4. The molecule has 0 aliphatic carbocycles. The van der Waals surface area contributed by atoms with Crippen LogP contribution in [-0.2, 0) is 0 Å². The molecule has 4 heteroatoms. The third-order valence-electron chi connectivity index (χ3n) is 4.60. The zero-order valence-electron chi connectivity index (χ0n) is 12.0. The first-order chi connectivity index (χ1) is 9.24. The van der Waals surface area contributed by atoms with Gasteiger partial charge in [0.2, 0.25) is 5.95 Å². The monoisotopic (exact) mass is 260 g/mol. The van der Waals surface area contributed by atoms with Gasteiger partial charge in [0.05, 0.1) is 0 Å². The molecule has 0 saturated carbocycles. The van der Waals surface area contributed by atoms with E-state index < -0.39 is 0 Å². The van der Waals surface area contributed by atoms with Gasteiger partial charge in [-0.15, -0.1) is 0 Å². The summed E-state index contributed by atoms with van der Waals surface area (Å²) in [5, 5.41) is 0. The highest BCUT2D eigenvalue weighted by Crippen LogP contribution is 2.26. The molecule has 1 aromatic heterocycles. The van der Waals surface area contributed by atoms with Gasteiger partial charge < -0.3 is 4.90 Å². The van der Waals surface area contributed by atoms with E-state index in [0.717, 1.165) is 36.8 Å². The Morgan fingerprint density at radius 1 is 1.16 bits per heavy atom. The van der Waals surface area contributed by atoms with Gasteiger partial charge >= 0.3 is 0 Å². The third kappa shape index (κ3) is 2.73. The lowest BCUT2D eigenvalue weighted by Gasteiger charge is -2.38. The van der Waals surface area contributed by atoms with Crippen LogP contribution in [0.5, 0.6) is 0 Å². The van der Waals surface area contributed by atoms with Gasteiger partial charge in [0.15, 0.2) is 0 Å². The van der Waals surface area contributed by atoms with Gasteiger partial charge in [-0.25, -0.2) is 9.97 Å². The lowest BCUT2D eigenvalue weighted by molar-refractivity contribution is 0.163. The molecule has 1 atom stereocenters. The molecule has 1 aromatic rings. The lowest BCUT2D eigenvalue weighted by Crippen LogP contribution is -2.46. The van der Waals surface area contributed by atoms with Crippen LogP contribution in [0.4, 0.5) is 5.95 Å². The van der Waals surface area contributed by atoms with Crippen LogP contribution in [0.15, 0.2) is 12.3 Å². The topological polar surface area (TPSA) is 32.3 Å². The molecule has 3 rings (SSSR count). The minimum absolute atomic E-state index is 0.776. The molecule has 2 saturated heterocycles.